The second-order valence-corrected chi connectivity index (χ2v) is 3.71. The third-order valence-electron chi connectivity index (χ3n) is 2.71. The van der Waals surface area contributed by atoms with Gasteiger partial charge in [-0.1, -0.05) is 13.8 Å². The molecule has 0 saturated heterocycles. The summed E-state index contributed by atoms with van der Waals surface area (Å²) in [5, 5.41) is 0. The summed E-state index contributed by atoms with van der Waals surface area (Å²) in [4.78, 5) is 23.1. The van der Waals surface area contributed by atoms with Gasteiger partial charge in [0, 0.05) is 12.0 Å². The molecule has 14 heavy (non-hydrogen) atoms. The van der Waals surface area contributed by atoms with Crippen molar-refractivity contribution in [2.24, 2.45) is 5.92 Å². The standard InChI is InChI=1S/C11H16O3/c1-5-9(12)11-7(3)10(13)6(2)8(4)14-11/h6,8H,5H2,1-4H3. The number of allylic oxidation sites excluding steroid dienone is 2. The predicted octanol–water partition coefficient (Wildman–Crippen LogP) is 1.86. The first-order valence-corrected chi connectivity index (χ1v) is 4.94. The summed E-state index contributed by atoms with van der Waals surface area (Å²) in [5.41, 5.74) is 0.474. The molecule has 78 valence electrons. The van der Waals surface area contributed by atoms with Crippen LogP contribution in [0.5, 0.6) is 0 Å². The number of ether oxygens (including phenoxy) is 1. The Labute approximate surface area is 84.1 Å². The molecule has 1 heterocycles. The normalized spacial score (nSPS) is 27.6. The zero-order chi connectivity index (χ0) is 10.9. The Balaban J connectivity index is 3.05. The zero-order valence-corrected chi connectivity index (χ0v) is 9.09. The molecule has 1 aliphatic rings. The zero-order valence-electron chi connectivity index (χ0n) is 9.09. The van der Waals surface area contributed by atoms with Crippen molar-refractivity contribution in [2.45, 2.75) is 40.2 Å². The summed E-state index contributed by atoms with van der Waals surface area (Å²) < 4.78 is 5.44. The first-order valence-electron chi connectivity index (χ1n) is 4.94. The molecule has 0 aromatic carbocycles. The highest BCUT2D eigenvalue weighted by Crippen LogP contribution is 2.26. The van der Waals surface area contributed by atoms with Crippen LogP contribution in [-0.4, -0.2) is 17.7 Å². The van der Waals surface area contributed by atoms with Gasteiger partial charge in [-0.3, -0.25) is 9.59 Å². The summed E-state index contributed by atoms with van der Waals surface area (Å²) in [6.45, 7) is 7.06. The third-order valence-corrected chi connectivity index (χ3v) is 2.71. The molecule has 1 rings (SSSR count). The van der Waals surface area contributed by atoms with E-state index in [1.165, 1.54) is 0 Å². The Morgan fingerprint density at radius 1 is 1.43 bits per heavy atom. The van der Waals surface area contributed by atoms with Crippen molar-refractivity contribution < 1.29 is 14.3 Å². The quantitative estimate of drug-likeness (QED) is 0.677. The molecule has 0 amide bonds. The summed E-state index contributed by atoms with van der Waals surface area (Å²) in [5.74, 6) is 0.0571. The Kier molecular flexibility index (Phi) is 3.09. The summed E-state index contributed by atoms with van der Waals surface area (Å²) in [6, 6.07) is 0. The fraction of sp³-hybridized carbons (Fsp3) is 0.636. The minimum atomic E-state index is -0.198. The molecule has 3 nitrogen and oxygen atoms in total. The maximum absolute atomic E-state index is 11.7. The monoisotopic (exact) mass is 196 g/mol. The van der Waals surface area contributed by atoms with Crippen LogP contribution in [-0.2, 0) is 14.3 Å². The van der Waals surface area contributed by atoms with Gasteiger partial charge in [0.15, 0.2) is 17.3 Å². The van der Waals surface area contributed by atoms with Gasteiger partial charge in [-0.25, -0.2) is 0 Å². The molecular formula is C11H16O3. The highest BCUT2D eigenvalue weighted by atomic mass is 16.5. The summed E-state index contributed by atoms with van der Waals surface area (Å²) in [7, 11) is 0. The number of hydrogen-bond donors (Lipinski definition) is 0. The van der Waals surface area contributed by atoms with Crippen molar-refractivity contribution in [3.63, 3.8) is 0 Å². The van der Waals surface area contributed by atoms with Gasteiger partial charge >= 0.3 is 0 Å². The lowest BCUT2D eigenvalue weighted by atomic mass is 9.91. The number of Topliss-reactive ketones (excluding diaryl/α,β-unsaturated/α-hetero) is 2. The average Bonchev–Trinajstić information content (AvgIpc) is 2.19. The lowest BCUT2D eigenvalue weighted by molar-refractivity contribution is -0.129. The van der Waals surface area contributed by atoms with Crippen LogP contribution in [0.2, 0.25) is 0 Å². The fourth-order valence-corrected chi connectivity index (χ4v) is 1.48. The van der Waals surface area contributed by atoms with E-state index in [9.17, 15) is 9.59 Å². The topological polar surface area (TPSA) is 43.4 Å². The maximum atomic E-state index is 11.7. The maximum Gasteiger partial charge on any atom is 0.197 e. The first kappa shape index (κ1) is 11.0. The SMILES string of the molecule is CCC(=O)C1=C(C)C(=O)C(C)C(C)O1. The van der Waals surface area contributed by atoms with Crippen LogP contribution < -0.4 is 0 Å². The smallest absolute Gasteiger partial charge is 0.197 e. The largest absolute Gasteiger partial charge is 0.486 e. The van der Waals surface area contributed by atoms with Crippen molar-refractivity contribution in [2.75, 3.05) is 0 Å². The van der Waals surface area contributed by atoms with E-state index in [4.69, 9.17) is 4.74 Å². The number of ketones is 2. The van der Waals surface area contributed by atoms with Gasteiger partial charge in [-0.2, -0.15) is 0 Å². The van der Waals surface area contributed by atoms with Gasteiger partial charge in [0.05, 0.1) is 5.92 Å². The second kappa shape index (κ2) is 3.95. The fourth-order valence-electron chi connectivity index (χ4n) is 1.48. The van der Waals surface area contributed by atoms with E-state index in [1.807, 2.05) is 13.8 Å². The highest BCUT2D eigenvalue weighted by molar-refractivity contribution is 6.06. The number of rotatable bonds is 2. The molecule has 0 aliphatic carbocycles. The minimum Gasteiger partial charge on any atom is -0.486 e. The molecule has 0 saturated carbocycles. The van der Waals surface area contributed by atoms with Crippen molar-refractivity contribution in [3.05, 3.63) is 11.3 Å². The van der Waals surface area contributed by atoms with Crippen molar-refractivity contribution in [1.82, 2.24) is 0 Å². The van der Waals surface area contributed by atoms with E-state index in [0.29, 0.717) is 12.0 Å². The van der Waals surface area contributed by atoms with Gasteiger partial charge in [0.25, 0.3) is 0 Å². The van der Waals surface area contributed by atoms with E-state index in [-0.39, 0.29) is 29.3 Å². The molecule has 0 aromatic rings. The molecule has 0 spiro atoms. The molecule has 2 unspecified atom stereocenters. The van der Waals surface area contributed by atoms with Crippen molar-refractivity contribution >= 4 is 11.6 Å². The van der Waals surface area contributed by atoms with Crippen LogP contribution in [0, 0.1) is 5.92 Å². The Bertz CT molecular complexity index is 302. The van der Waals surface area contributed by atoms with E-state index < -0.39 is 0 Å². The highest BCUT2D eigenvalue weighted by Gasteiger charge is 2.33. The second-order valence-electron chi connectivity index (χ2n) is 3.71. The molecule has 0 bridgehead atoms. The minimum absolute atomic E-state index is 0.0283. The molecule has 3 heteroatoms. The Morgan fingerprint density at radius 3 is 2.50 bits per heavy atom. The molecular weight excluding hydrogens is 180 g/mol. The van der Waals surface area contributed by atoms with Gasteiger partial charge in [-0.15, -0.1) is 0 Å². The van der Waals surface area contributed by atoms with Gasteiger partial charge < -0.3 is 4.74 Å². The molecule has 1 aliphatic heterocycles. The van der Waals surface area contributed by atoms with Crippen LogP contribution in [0.1, 0.15) is 34.1 Å². The molecule has 0 fully saturated rings. The lowest BCUT2D eigenvalue weighted by Gasteiger charge is -2.28. The number of carbonyl (C=O) groups excluding carboxylic acids is 2. The predicted molar refractivity (Wildman–Crippen MR) is 52.7 cm³/mol. The number of hydrogen-bond acceptors (Lipinski definition) is 3. The first-order chi connectivity index (χ1) is 6.49. The van der Waals surface area contributed by atoms with E-state index in [1.54, 1.807) is 13.8 Å². The van der Waals surface area contributed by atoms with Crippen LogP contribution >= 0.6 is 0 Å². The summed E-state index contributed by atoms with van der Waals surface area (Å²) >= 11 is 0. The van der Waals surface area contributed by atoms with E-state index in [2.05, 4.69) is 0 Å². The van der Waals surface area contributed by atoms with E-state index in [0.717, 1.165) is 0 Å². The van der Waals surface area contributed by atoms with Gasteiger partial charge in [0.1, 0.15) is 6.10 Å². The van der Waals surface area contributed by atoms with Crippen LogP contribution in [0.15, 0.2) is 11.3 Å². The summed E-state index contributed by atoms with van der Waals surface area (Å²) in [6.07, 6.45) is 0.179. The number of carbonyl (C=O) groups is 2. The van der Waals surface area contributed by atoms with Gasteiger partial charge in [0.2, 0.25) is 0 Å². The Morgan fingerprint density at radius 2 is 2.00 bits per heavy atom. The van der Waals surface area contributed by atoms with E-state index >= 15 is 0 Å². The Hall–Kier alpha value is -1.12. The van der Waals surface area contributed by atoms with Crippen LogP contribution in [0.25, 0.3) is 0 Å². The lowest BCUT2D eigenvalue weighted by Crippen LogP contribution is -2.34. The third kappa shape index (κ3) is 1.72. The molecule has 2 atom stereocenters. The van der Waals surface area contributed by atoms with Crippen molar-refractivity contribution in [3.8, 4) is 0 Å². The van der Waals surface area contributed by atoms with Crippen molar-refractivity contribution in [1.29, 1.82) is 0 Å². The molecule has 0 aromatic heterocycles. The molecule has 0 N–H and O–H groups in total. The van der Waals surface area contributed by atoms with Crippen LogP contribution in [0.3, 0.4) is 0 Å². The van der Waals surface area contributed by atoms with Crippen LogP contribution in [0.4, 0.5) is 0 Å². The average molecular weight is 196 g/mol. The molecule has 0 radical (unpaired) electrons. The van der Waals surface area contributed by atoms with Gasteiger partial charge in [-0.05, 0) is 13.8 Å².